The van der Waals surface area contributed by atoms with Gasteiger partial charge in [-0.25, -0.2) is 4.68 Å². The number of aryl methyl sites for hydroxylation is 2. The van der Waals surface area contributed by atoms with E-state index in [2.05, 4.69) is 17.9 Å². The average molecular weight is 354 g/mol. The lowest BCUT2D eigenvalue weighted by Gasteiger charge is -2.26. The Labute approximate surface area is 146 Å². The average Bonchev–Trinajstić information content (AvgIpc) is 2.92. The number of aromatic nitrogens is 2. The van der Waals surface area contributed by atoms with Crippen LogP contribution in [0.2, 0.25) is 10.0 Å². The lowest BCUT2D eigenvalue weighted by molar-refractivity contribution is 0.0374. The van der Waals surface area contributed by atoms with Crippen molar-refractivity contribution in [2.24, 2.45) is 0 Å². The van der Waals surface area contributed by atoms with Crippen LogP contribution < -0.4 is 0 Å². The molecule has 0 spiro atoms. The molecule has 1 aromatic heterocycles. The van der Waals surface area contributed by atoms with Gasteiger partial charge in [-0.05, 0) is 50.6 Å². The molecular formula is C17H21Cl2N3O. The fourth-order valence-electron chi connectivity index (χ4n) is 2.85. The second-order valence-corrected chi connectivity index (χ2v) is 6.66. The number of rotatable bonds is 5. The SMILES string of the molecule is Cc1cc(CCCN2CCOCC2)nn1-c1ccc(Cl)c(Cl)c1. The maximum absolute atomic E-state index is 6.10. The highest BCUT2D eigenvalue weighted by Gasteiger charge is 2.11. The van der Waals surface area contributed by atoms with Crippen molar-refractivity contribution in [3.8, 4) is 5.69 Å². The molecule has 0 bridgehead atoms. The van der Waals surface area contributed by atoms with E-state index >= 15 is 0 Å². The molecule has 2 heterocycles. The molecule has 0 amide bonds. The molecule has 2 aromatic rings. The first-order chi connectivity index (χ1) is 11.1. The Bertz CT molecular complexity index is 666. The summed E-state index contributed by atoms with van der Waals surface area (Å²) in [6.07, 6.45) is 2.09. The Morgan fingerprint density at radius 3 is 2.65 bits per heavy atom. The topological polar surface area (TPSA) is 30.3 Å². The Kier molecular flexibility index (Phi) is 5.59. The second kappa shape index (κ2) is 7.67. The van der Waals surface area contributed by atoms with Gasteiger partial charge >= 0.3 is 0 Å². The van der Waals surface area contributed by atoms with Gasteiger partial charge in [0.05, 0.1) is 34.6 Å². The van der Waals surface area contributed by atoms with Gasteiger partial charge in [-0.3, -0.25) is 4.90 Å². The number of hydrogen-bond acceptors (Lipinski definition) is 3. The number of halogens is 2. The van der Waals surface area contributed by atoms with Crippen LogP contribution in [0.25, 0.3) is 5.69 Å². The van der Waals surface area contributed by atoms with Crippen LogP contribution in [0.4, 0.5) is 0 Å². The van der Waals surface area contributed by atoms with Crippen molar-refractivity contribution in [2.75, 3.05) is 32.8 Å². The lowest BCUT2D eigenvalue weighted by Crippen LogP contribution is -2.36. The summed E-state index contributed by atoms with van der Waals surface area (Å²) in [5.41, 5.74) is 3.16. The standard InChI is InChI=1S/C17H21Cl2N3O/c1-13-11-14(3-2-6-21-7-9-23-10-8-21)20-22(13)15-4-5-16(18)17(19)12-15/h4-5,11-12H,2-3,6-10H2,1H3. The van der Waals surface area contributed by atoms with E-state index in [1.807, 2.05) is 16.8 Å². The lowest BCUT2D eigenvalue weighted by atomic mass is 10.2. The van der Waals surface area contributed by atoms with Crippen molar-refractivity contribution in [1.82, 2.24) is 14.7 Å². The molecule has 0 saturated carbocycles. The van der Waals surface area contributed by atoms with E-state index in [0.29, 0.717) is 10.0 Å². The molecule has 3 rings (SSSR count). The predicted octanol–water partition coefficient (Wildman–Crippen LogP) is 3.75. The summed E-state index contributed by atoms with van der Waals surface area (Å²) >= 11 is 12.1. The predicted molar refractivity (Wildman–Crippen MR) is 93.9 cm³/mol. The van der Waals surface area contributed by atoms with E-state index in [1.165, 1.54) is 0 Å². The van der Waals surface area contributed by atoms with E-state index in [-0.39, 0.29) is 0 Å². The zero-order chi connectivity index (χ0) is 16.2. The highest BCUT2D eigenvalue weighted by atomic mass is 35.5. The van der Waals surface area contributed by atoms with Crippen LogP contribution >= 0.6 is 23.2 Å². The monoisotopic (exact) mass is 353 g/mol. The first-order valence-electron chi connectivity index (χ1n) is 7.94. The van der Waals surface area contributed by atoms with Crippen LogP contribution in [0.15, 0.2) is 24.3 Å². The van der Waals surface area contributed by atoms with Crippen LogP contribution in [0, 0.1) is 6.92 Å². The molecule has 0 unspecified atom stereocenters. The van der Waals surface area contributed by atoms with E-state index in [0.717, 1.165) is 62.8 Å². The molecule has 0 aliphatic carbocycles. The van der Waals surface area contributed by atoms with Crippen molar-refractivity contribution in [3.63, 3.8) is 0 Å². The minimum absolute atomic E-state index is 0.549. The molecule has 1 fully saturated rings. The summed E-state index contributed by atoms with van der Waals surface area (Å²) in [5, 5.41) is 5.82. The molecule has 6 heteroatoms. The van der Waals surface area contributed by atoms with Gasteiger partial charge in [-0.1, -0.05) is 23.2 Å². The normalized spacial score (nSPS) is 16.0. The van der Waals surface area contributed by atoms with E-state index in [4.69, 9.17) is 33.0 Å². The van der Waals surface area contributed by atoms with Gasteiger partial charge in [-0.15, -0.1) is 0 Å². The molecule has 1 aromatic carbocycles. The van der Waals surface area contributed by atoms with Gasteiger partial charge in [0.15, 0.2) is 0 Å². The second-order valence-electron chi connectivity index (χ2n) is 5.84. The molecule has 0 radical (unpaired) electrons. The Hall–Kier alpha value is -1.07. The van der Waals surface area contributed by atoms with Crippen molar-refractivity contribution in [3.05, 3.63) is 45.7 Å². The van der Waals surface area contributed by atoms with Crippen LogP contribution in [0.1, 0.15) is 17.8 Å². The third-order valence-corrected chi connectivity index (χ3v) is 4.84. The smallest absolute Gasteiger partial charge is 0.0664 e. The zero-order valence-electron chi connectivity index (χ0n) is 13.3. The highest BCUT2D eigenvalue weighted by molar-refractivity contribution is 6.42. The first kappa shape index (κ1) is 16.8. The van der Waals surface area contributed by atoms with Crippen molar-refractivity contribution in [2.45, 2.75) is 19.8 Å². The third-order valence-electron chi connectivity index (χ3n) is 4.10. The summed E-state index contributed by atoms with van der Waals surface area (Å²) in [7, 11) is 0. The van der Waals surface area contributed by atoms with Crippen molar-refractivity contribution < 1.29 is 4.74 Å². The van der Waals surface area contributed by atoms with E-state index in [1.54, 1.807) is 6.07 Å². The number of morpholine rings is 1. The Morgan fingerprint density at radius 2 is 1.91 bits per heavy atom. The molecule has 0 atom stereocenters. The first-order valence-corrected chi connectivity index (χ1v) is 8.70. The Balaban J connectivity index is 1.62. The minimum Gasteiger partial charge on any atom is -0.379 e. The van der Waals surface area contributed by atoms with E-state index in [9.17, 15) is 0 Å². The molecule has 1 aliphatic rings. The summed E-state index contributed by atoms with van der Waals surface area (Å²) < 4.78 is 7.30. The summed E-state index contributed by atoms with van der Waals surface area (Å²) in [6.45, 7) is 6.94. The molecule has 23 heavy (non-hydrogen) atoms. The van der Waals surface area contributed by atoms with Gasteiger partial charge in [0.25, 0.3) is 0 Å². The molecular weight excluding hydrogens is 333 g/mol. The molecule has 0 N–H and O–H groups in total. The summed E-state index contributed by atoms with van der Waals surface area (Å²) in [6, 6.07) is 7.73. The minimum atomic E-state index is 0.549. The zero-order valence-corrected chi connectivity index (χ0v) is 14.8. The van der Waals surface area contributed by atoms with E-state index < -0.39 is 0 Å². The number of benzene rings is 1. The number of hydrogen-bond donors (Lipinski definition) is 0. The fraction of sp³-hybridized carbons (Fsp3) is 0.471. The molecule has 1 aliphatic heterocycles. The number of nitrogens with zero attached hydrogens (tertiary/aromatic N) is 3. The highest BCUT2D eigenvalue weighted by Crippen LogP contribution is 2.25. The van der Waals surface area contributed by atoms with Crippen molar-refractivity contribution >= 4 is 23.2 Å². The third kappa shape index (κ3) is 4.27. The van der Waals surface area contributed by atoms with Crippen LogP contribution in [0.5, 0.6) is 0 Å². The largest absolute Gasteiger partial charge is 0.379 e. The molecule has 4 nitrogen and oxygen atoms in total. The molecule has 1 saturated heterocycles. The van der Waals surface area contributed by atoms with Gasteiger partial charge in [0.1, 0.15) is 0 Å². The van der Waals surface area contributed by atoms with Crippen LogP contribution in [-0.4, -0.2) is 47.5 Å². The maximum atomic E-state index is 6.10. The summed E-state index contributed by atoms with van der Waals surface area (Å²) in [4.78, 5) is 2.45. The molecule has 124 valence electrons. The quantitative estimate of drug-likeness (QED) is 0.819. The fourth-order valence-corrected chi connectivity index (χ4v) is 3.14. The Morgan fingerprint density at radius 1 is 1.13 bits per heavy atom. The van der Waals surface area contributed by atoms with Crippen LogP contribution in [0.3, 0.4) is 0 Å². The van der Waals surface area contributed by atoms with Gasteiger partial charge in [0, 0.05) is 18.8 Å². The van der Waals surface area contributed by atoms with Crippen molar-refractivity contribution in [1.29, 1.82) is 0 Å². The van der Waals surface area contributed by atoms with Gasteiger partial charge in [-0.2, -0.15) is 5.10 Å². The van der Waals surface area contributed by atoms with Gasteiger partial charge in [0.2, 0.25) is 0 Å². The maximum Gasteiger partial charge on any atom is 0.0664 e. The summed E-state index contributed by atoms with van der Waals surface area (Å²) in [5.74, 6) is 0. The van der Waals surface area contributed by atoms with Gasteiger partial charge < -0.3 is 4.74 Å². The number of ether oxygens (including phenoxy) is 1. The van der Waals surface area contributed by atoms with Crippen LogP contribution in [-0.2, 0) is 11.2 Å².